The summed E-state index contributed by atoms with van der Waals surface area (Å²) < 4.78 is 17.0. The van der Waals surface area contributed by atoms with Gasteiger partial charge in [-0.15, -0.1) is 0 Å². The lowest BCUT2D eigenvalue weighted by atomic mass is 10.3. The van der Waals surface area contributed by atoms with Gasteiger partial charge in [0.25, 0.3) is 0 Å². The van der Waals surface area contributed by atoms with Crippen molar-refractivity contribution in [2.75, 3.05) is 33.5 Å². The molecule has 1 aromatic carbocycles. The summed E-state index contributed by atoms with van der Waals surface area (Å²) in [5.74, 6) is 0.920. The van der Waals surface area contributed by atoms with Crippen molar-refractivity contribution in [3.8, 4) is 5.75 Å². The summed E-state index contributed by atoms with van der Waals surface area (Å²) in [6, 6.07) is 8.02. The summed E-state index contributed by atoms with van der Waals surface area (Å²) in [5.41, 5.74) is 0. The van der Waals surface area contributed by atoms with Crippen LogP contribution in [0.4, 0.5) is 0 Å². The summed E-state index contributed by atoms with van der Waals surface area (Å²) >= 11 is 2.27. The van der Waals surface area contributed by atoms with Crippen LogP contribution in [0.5, 0.6) is 5.75 Å². The van der Waals surface area contributed by atoms with E-state index in [1.165, 1.54) is 3.57 Å². The zero-order valence-electron chi connectivity index (χ0n) is 9.45. The molecular formula is C12H17IO3. The van der Waals surface area contributed by atoms with Crippen LogP contribution in [0.1, 0.15) is 6.42 Å². The molecule has 0 N–H and O–H groups in total. The van der Waals surface area contributed by atoms with Crippen LogP contribution in [0.2, 0.25) is 0 Å². The number of rotatable bonds is 8. The molecule has 0 bridgehead atoms. The Morgan fingerprint density at radius 2 is 2.00 bits per heavy atom. The molecule has 90 valence electrons. The molecule has 1 rings (SSSR count). The van der Waals surface area contributed by atoms with Gasteiger partial charge < -0.3 is 14.2 Å². The van der Waals surface area contributed by atoms with E-state index in [-0.39, 0.29) is 0 Å². The van der Waals surface area contributed by atoms with Crippen LogP contribution in [0.15, 0.2) is 24.3 Å². The van der Waals surface area contributed by atoms with Gasteiger partial charge in [0.2, 0.25) is 0 Å². The minimum Gasteiger partial charge on any atom is -0.493 e. The average Bonchev–Trinajstić information content (AvgIpc) is 2.28. The highest BCUT2D eigenvalue weighted by Gasteiger charge is 1.94. The first-order valence-electron chi connectivity index (χ1n) is 5.28. The van der Waals surface area contributed by atoms with E-state index in [4.69, 9.17) is 14.2 Å². The Kier molecular flexibility index (Phi) is 7.54. The maximum absolute atomic E-state index is 5.58. The fourth-order valence-corrected chi connectivity index (χ4v) is 1.67. The van der Waals surface area contributed by atoms with Crippen LogP contribution in [0.3, 0.4) is 0 Å². The molecule has 0 radical (unpaired) electrons. The molecule has 0 aliphatic heterocycles. The molecule has 3 nitrogen and oxygen atoms in total. The van der Waals surface area contributed by atoms with Gasteiger partial charge in [-0.3, -0.25) is 0 Å². The largest absolute Gasteiger partial charge is 0.493 e. The van der Waals surface area contributed by atoms with E-state index in [1.807, 2.05) is 24.3 Å². The number of methoxy groups -OCH3 is 1. The predicted octanol–water partition coefficient (Wildman–Crippen LogP) is 2.72. The standard InChI is InChI=1S/C12H17IO3/c1-14-8-9-15-6-3-7-16-12-5-2-4-11(13)10-12/h2,4-5,10H,3,6-9H2,1H3. The molecule has 0 aromatic heterocycles. The SMILES string of the molecule is COCCOCCCOc1cccc(I)c1. The first-order chi connectivity index (χ1) is 7.83. The molecule has 16 heavy (non-hydrogen) atoms. The third-order valence-electron chi connectivity index (χ3n) is 1.93. The van der Waals surface area contributed by atoms with Crippen molar-refractivity contribution >= 4 is 22.6 Å². The second kappa shape index (κ2) is 8.78. The van der Waals surface area contributed by atoms with Gasteiger partial charge >= 0.3 is 0 Å². The molecule has 0 aliphatic rings. The highest BCUT2D eigenvalue weighted by Crippen LogP contribution is 2.14. The van der Waals surface area contributed by atoms with Gasteiger partial charge in [0.1, 0.15) is 5.75 Å². The Bertz CT molecular complexity index is 291. The normalized spacial score (nSPS) is 10.4. The monoisotopic (exact) mass is 336 g/mol. The summed E-state index contributed by atoms with van der Waals surface area (Å²) in [4.78, 5) is 0. The third-order valence-corrected chi connectivity index (χ3v) is 2.60. The Hall–Kier alpha value is -0.330. The quantitative estimate of drug-likeness (QED) is 0.540. The van der Waals surface area contributed by atoms with Crippen molar-refractivity contribution in [3.05, 3.63) is 27.8 Å². The van der Waals surface area contributed by atoms with E-state index < -0.39 is 0 Å². The van der Waals surface area contributed by atoms with Crippen LogP contribution in [0, 0.1) is 3.57 Å². The van der Waals surface area contributed by atoms with E-state index in [1.54, 1.807) is 7.11 Å². The van der Waals surface area contributed by atoms with Crippen LogP contribution >= 0.6 is 22.6 Å². The van der Waals surface area contributed by atoms with Gasteiger partial charge in [-0.25, -0.2) is 0 Å². The number of benzene rings is 1. The molecule has 0 amide bonds. The van der Waals surface area contributed by atoms with Crippen molar-refractivity contribution in [1.82, 2.24) is 0 Å². The molecule has 0 unspecified atom stereocenters. The molecule has 4 heteroatoms. The Morgan fingerprint density at radius 1 is 1.12 bits per heavy atom. The van der Waals surface area contributed by atoms with Crippen LogP contribution in [-0.2, 0) is 9.47 Å². The van der Waals surface area contributed by atoms with E-state index in [0.29, 0.717) is 26.4 Å². The van der Waals surface area contributed by atoms with E-state index in [0.717, 1.165) is 12.2 Å². The van der Waals surface area contributed by atoms with Gasteiger partial charge in [-0.1, -0.05) is 6.07 Å². The van der Waals surface area contributed by atoms with Gasteiger partial charge in [-0.05, 0) is 40.8 Å². The Balaban J connectivity index is 2.03. The predicted molar refractivity (Wildman–Crippen MR) is 72.0 cm³/mol. The van der Waals surface area contributed by atoms with Crippen LogP contribution in [0.25, 0.3) is 0 Å². The lowest BCUT2D eigenvalue weighted by molar-refractivity contribution is 0.0644. The first kappa shape index (κ1) is 13.7. The number of halogens is 1. The molecular weight excluding hydrogens is 319 g/mol. The minimum absolute atomic E-state index is 0.651. The van der Waals surface area contributed by atoms with Gasteiger partial charge in [0.05, 0.1) is 19.8 Å². The second-order valence-corrected chi connectivity index (χ2v) is 4.51. The maximum atomic E-state index is 5.58. The number of hydrogen-bond donors (Lipinski definition) is 0. The van der Waals surface area contributed by atoms with Crippen molar-refractivity contribution in [1.29, 1.82) is 0 Å². The van der Waals surface area contributed by atoms with Gasteiger partial charge in [-0.2, -0.15) is 0 Å². The molecule has 0 spiro atoms. The van der Waals surface area contributed by atoms with Crippen molar-refractivity contribution in [2.45, 2.75) is 6.42 Å². The fraction of sp³-hybridized carbons (Fsp3) is 0.500. The van der Waals surface area contributed by atoms with Crippen LogP contribution in [-0.4, -0.2) is 33.5 Å². The van der Waals surface area contributed by atoms with E-state index >= 15 is 0 Å². The van der Waals surface area contributed by atoms with Crippen molar-refractivity contribution < 1.29 is 14.2 Å². The Morgan fingerprint density at radius 3 is 2.75 bits per heavy atom. The second-order valence-electron chi connectivity index (χ2n) is 3.26. The van der Waals surface area contributed by atoms with Gasteiger partial charge in [0.15, 0.2) is 0 Å². The number of ether oxygens (including phenoxy) is 3. The molecule has 0 heterocycles. The summed E-state index contributed by atoms with van der Waals surface area (Å²) in [5, 5.41) is 0. The molecule has 0 aliphatic carbocycles. The first-order valence-corrected chi connectivity index (χ1v) is 6.36. The van der Waals surface area contributed by atoms with E-state index in [9.17, 15) is 0 Å². The smallest absolute Gasteiger partial charge is 0.120 e. The summed E-state index contributed by atoms with van der Waals surface area (Å²) in [6.45, 7) is 2.71. The highest BCUT2D eigenvalue weighted by atomic mass is 127. The lowest BCUT2D eigenvalue weighted by Crippen LogP contribution is -2.06. The molecule has 0 fully saturated rings. The summed E-state index contributed by atoms with van der Waals surface area (Å²) in [6.07, 6.45) is 0.898. The molecule has 0 atom stereocenters. The molecule has 0 saturated carbocycles. The number of hydrogen-bond acceptors (Lipinski definition) is 3. The fourth-order valence-electron chi connectivity index (χ4n) is 1.15. The van der Waals surface area contributed by atoms with Crippen LogP contribution < -0.4 is 4.74 Å². The zero-order chi connectivity index (χ0) is 11.6. The van der Waals surface area contributed by atoms with E-state index in [2.05, 4.69) is 22.6 Å². The van der Waals surface area contributed by atoms with Crippen molar-refractivity contribution in [2.24, 2.45) is 0 Å². The summed E-state index contributed by atoms with van der Waals surface area (Å²) in [7, 11) is 1.67. The molecule has 0 saturated heterocycles. The minimum atomic E-state index is 0.651. The van der Waals surface area contributed by atoms with Gasteiger partial charge in [0, 0.05) is 23.7 Å². The van der Waals surface area contributed by atoms with Crippen molar-refractivity contribution in [3.63, 3.8) is 0 Å². The maximum Gasteiger partial charge on any atom is 0.120 e. The third kappa shape index (κ3) is 6.30. The lowest BCUT2D eigenvalue weighted by Gasteiger charge is -2.06. The highest BCUT2D eigenvalue weighted by molar-refractivity contribution is 14.1. The average molecular weight is 336 g/mol. The zero-order valence-corrected chi connectivity index (χ0v) is 11.6. The Labute approximate surface area is 110 Å². The molecule has 1 aromatic rings. The topological polar surface area (TPSA) is 27.7 Å².